The molecule has 2 amide bonds. The van der Waals surface area contributed by atoms with Crippen molar-refractivity contribution >= 4 is 57.4 Å². The second kappa shape index (κ2) is 13.1. The van der Waals surface area contributed by atoms with Gasteiger partial charge in [-0.15, -0.1) is 11.3 Å². The van der Waals surface area contributed by atoms with Crippen LogP contribution in [0.1, 0.15) is 22.3 Å². The quantitative estimate of drug-likeness (QED) is 0.256. The van der Waals surface area contributed by atoms with Gasteiger partial charge in [-0.25, -0.2) is 10.4 Å². The molecule has 2 aromatic carbocycles. The summed E-state index contributed by atoms with van der Waals surface area (Å²) in [5.41, 5.74) is 8.49. The molecule has 172 valence electrons. The van der Waals surface area contributed by atoms with E-state index in [0.29, 0.717) is 22.9 Å². The number of nitrogens with one attached hydrogen (secondary N) is 3. The Labute approximate surface area is 205 Å². The molecule has 0 aliphatic rings. The highest BCUT2D eigenvalue weighted by molar-refractivity contribution is 8.13. The van der Waals surface area contributed by atoms with E-state index in [2.05, 4.69) is 21.2 Å². The van der Waals surface area contributed by atoms with Gasteiger partial charge in [-0.1, -0.05) is 48.2 Å². The van der Waals surface area contributed by atoms with Gasteiger partial charge >= 0.3 is 0 Å². The largest absolute Gasteiger partial charge is 0.302 e. The average Bonchev–Trinajstić information content (AvgIpc) is 3.36. The summed E-state index contributed by atoms with van der Waals surface area (Å²) in [7, 11) is 0. The van der Waals surface area contributed by atoms with Crippen molar-refractivity contribution < 1.29 is 14.4 Å². The first-order valence-corrected chi connectivity index (χ1v) is 13.4. The molecule has 3 aromatic rings. The Bertz CT molecular complexity index is 1060. The van der Waals surface area contributed by atoms with Crippen molar-refractivity contribution in [3.05, 3.63) is 71.2 Å². The predicted molar refractivity (Wildman–Crippen MR) is 138 cm³/mol. The Kier molecular flexibility index (Phi) is 9.95. The molecule has 7 nitrogen and oxygen atoms in total. The molecule has 0 unspecified atom stereocenters. The normalized spacial score (nSPS) is 11.5. The number of thioether (sulfide) groups is 2. The number of amides is 2. The molecule has 3 rings (SSSR count). The highest BCUT2D eigenvalue weighted by Crippen LogP contribution is 2.27. The number of aromatic nitrogens is 1. The van der Waals surface area contributed by atoms with E-state index in [1.165, 1.54) is 11.3 Å². The number of carbonyl (C=O) groups excluding carboxylic acids is 3. The van der Waals surface area contributed by atoms with E-state index in [4.69, 9.17) is 0 Å². The molecule has 1 heterocycles. The van der Waals surface area contributed by atoms with Crippen molar-refractivity contribution in [1.82, 2.24) is 15.8 Å². The monoisotopic (exact) mass is 500 g/mol. The van der Waals surface area contributed by atoms with Crippen LogP contribution in [-0.2, 0) is 10.5 Å². The highest BCUT2D eigenvalue weighted by atomic mass is 32.2. The fraction of sp³-hybridized carbons (Fsp3) is 0.217. The third-order valence-corrected chi connectivity index (χ3v) is 6.77. The van der Waals surface area contributed by atoms with Gasteiger partial charge < -0.3 is 4.79 Å². The van der Waals surface area contributed by atoms with Crippen LogP contribution in [0.5, 0.6) is 0 Å². The number of thiazole rings is 1. The summed E-state index contributed by atoms with van der Waals surface area (Å²) in [6, 6.07) is 14.6. The standard InChI is InChI=1S/C23H24N4O3S3/c1-31-11-9-18(14-28)26-27-21(29)19-8-7-16(13-20(19)17-5-3-2-4-6-17)15-33-23(30)25-22-24-10-12-32-22/h2-8,10,12-14,18,26H,9,11,15H2,1H3,(H,27,29)(H,24,25,30)/t18-/m1/s1. The fourth-order valence-electron chi connectivity index (χ4n) is 2.94. The first kappa shape index (κ1) is 25.0. The molecule has 3 N–H and O–H groups in total. The zero-order valence-electron chi connectivity index (χ0n) is 17.9. The van der Waals surface area contributed by atoms with Crippen LogP contribution in [0.25, 0.3) is 11.1 Å². The number of hydrogen-bond donors (Lipinski definition) is 3. The smallest absolute Gasteiger partial charge is 0.285 e. The van der Waals surface area contributed by atoms with Crippen molar-refractivity contribution in [2.75, 3.05) is 17.3 Å². The van der Waals surface area contributed by atoms with E-state index < -0.39 is 6.04 Å². The Balaban J connectivity index is 1.72. The molecule has 33 heavy (non-hydrogen) atoms. The van der Waals surface area contributed by atoms with Crippen molar-refractivity contribution in [3.63, 3.8) is 0 Å². The number of hydrazine groups is 1. The maximum atomic E-state index is 12.9. The average molecular weight is 501 g/mol. The summed E-state index contributed by atoms with van der Waals surface area (Å²) in [5.74, 6) is 0.925. The lowest BCUT2D eigenvalue weighted by molar-refractivity contribution is -0.109. The first-order chi connectivity index (χ1) is 16.1. The summed E-state index contributed by atoms with van der Waals surface area (Å²) >= 11 is 4.13. The number of benzene rings is 2. The van der Waals surface area contributed by atoms with Crippen molar-refractivity contribution in [2.24, 2.45) is 0 Å². The van der Waals surface area contributed by atoms with Gasteiger partial charge in [0.15, 0.2) is 5.13 Å². The molecule has 0 bridgehead atoms. The van der Waals surface area contributed by atoms with Gasteiger partial charge in [-0.3, -0.25) is 20.3 Å². The van der Waals surface area contributed by atoms with Gasteiger partial charge in [0.1, 0.15) is 6.29 Å². The van der Waals surface area contributed by atoms with Crippen molar-refractivity contribution in [3.8, 4) is 11.1 Å². The third kappa shape index (κ3) is 7.71. The molecule has 0 aliphatic carbocycles. The molecular formula is C23H24N4O3S3. The van der Waals surface area contributed by atoms with Crippen LogP contribution in [0.3, 0.4) is 0 Å². The number of rotatable bonds is 11. The molecule has 0 spiro atoms. The van der Waals surface area contributed by atoms with Crippen LogP contribution < -0.4 is 16.2 Å². The molecular weight excluding hydrogens is 476 g/mol. The van der Waals surface area contributed by atoms with Gasteiger partial charge in [0.25, 0.3) is 11.1 Å². The van der Waals surface area contributed by atoms with E-state index in [-0.39, 0.29) is 11.1 Å². The van der Waals surface area contributed by atoms with E-state index in [0.717, 1.165) is 40.5 Å². The zero-order valence-corrected chi connectivity index (χ0v) is 20.4. The maximum Gasteiger partial charge on any atom is 0.285 e. The van der Waals surface area contributed by atoms with Crippen LogP contribution in [0.2, 0.25) is 0 Å². The number of hydrogen-bond acceptors (Lipinski definition) is 8. The lowest BCUT2D eigenvalue weighted by Gasteiger charge is -2.16. The summed E-state index contributed by atoms with van der Waals surface area (Å²) in [6.07, 6.45) is 5.02. The van der Waals surface area contributed by atoms with E-state index in [1.807, 2.05) is 48.7 Å². The molecule has 1 atom stereocenters. The second-order valence-electron chi connectivity index (χ2n) is 6.91. The van der Waals surface area contributed by atoms with Crippen LogP contribution in [0.4, 0.5) is 9.93 Å². The van der Waals surface area contributed by atoms with Gasteiger partial charge in [-0.05, 0) is 47.3 Å². The van der Waals surface area contributed by atoms with E-state index >= 15 is 0 Å². The molecule has 0 aliphatic heterocycles. The lowest BCUT2D eigenvalue weighted by atomic mass is 9.97. The Morgan fingerprint density at radius 2 is 2.00 bits per heavy atom. The van der Waals surface area contributed by atoms with Crippen LogP contribution in [-0.4, -0.2) is 40.5 Å². The maximum absolute atomic E-state index is 12.9. The summed E-state index contributed by atoms with van der Waals surface area (Å²) in [6.45, 7) is 0. The topological polar surface area (TPSA) is 100 Å². The molecule has 10 heteroatoms. The molecule has 1 aromatic heterocycles. The SMILES string of the molecule is CSCC[C@H](C=O)NNC(=O)c1ccc(CSC(=O)Nc2nccs2)cc1-c1ccccc1. The first-order valence-electron chi connectivity index (χ1n) is 10.1. The highest BCUT2D eigenvalue weighted by Gasteiger charge is 2.16. The van der Waals surface area contributed by atoms with E-state index in [1.54, 1.807) is 29.4 Å². The van der Waals surface area contributed by atoms with Gasteiger partial charge in [0.05, 0.1) is 6.04 Å². The van der Waals surface area contributed by atoms with Crippen LogP contribution >= 0.6 is 34.9 Å². The Hall–Kier alpha value is -2.66. The molecule has 0 radical (unpaired) electrons. The fourth-order valence-corrected chi connectivity index (χ4v) is 4.66. The molecule has 0 fully saturated rings. The van der Waals surface area contributed by atoms with Crippen LogP contribution in [0.15, 0.2) is 60.1 Å². The summed E-state index contributed by atoms with van der Waals surface area (Å²) < 4.78 is 0. The Morgan fingerprint density at radius 1 is 1.18 bits per heavy atom. The summed E-state index contributed by atoms with van der Waals surface area (Å²) in [5, 5.41) is 4.91. The van der Waals surface area contributed by atoms with Gasteiger partial charge in [0.2, 0.25) is 0 Å². The second-order valence-corrected chi connectivity index (χ2v) is 9.74. The number of carbonyl (C=O) groups is 3. The van der Waals surface area contributed by atoms with Gasteiger partial charge in [-0.2, -0.15) is 11.8 Å². The predicted octanol–water partition coefficient (Wildman–Crippen LogP) is 4.83. The zero-order chi connectivity index (χ0) is 23.5. The minimum Gasteiger partial charge on any atom is -0.302 e. The van der Waals surface area contributed by atoms with E-state index in [9.17, 15) is 14.4 Å². The number of anilines is 1. The summed E-state index contributed by atoms with van der Waals surface area (Å²) in [4.78, 5) is 40.4. The van der Waals surface area contributed by atoms with Crippen molar-refractivity contribution in [2.45, 2.75) is 18.2 Å². The Morgan fingerprint density at radius 3 is 2.70 bits per heavy atom. The lowest BCUT2D eigenvalue weighted by Crippen LogP contribution is -2.45. The number of aldehydes is 1. The minimum absolute atomic E-state index is 0.192. The minimum atomic E-state index is -0.450. The van der Waals surface area contributed by atoms with Gasteiger partial charge in [0, 0.05) is 22.9 Å². The number of nitrogens with zero attached hydrogens (tertiary/aromatic N) is 1. The van der Waals surface area contributed by atoms with Crippen molar-refractivity contribution in [1.29, 1.82) is 0 Å². The third-order valence-electron chi connectivity index (χ3n) is 4.59. The molecule has 0 saturated carbocycles. The van der Waals surface area contributed by atoms with Crippen LogP contribution in [0, 0.1) is 0 Å². The molecule has 0 saturated heterocycles.